The molecule has 0 spiro atoms. The van der Waals surface area contributed by atoms with E-state index in [0.717, 1.165) is 74.1 Å². The van der Waals surface area contributed by atoms with Crippen LogP contribution in [0.3, 0.4) is 0 Å². The summed E-state index contributed by atoms with van der Waals surface area (Å²) in [4.78, 5) is 54.7. The normalized spacial score (nSPS) is 17.8. The van der Waals surface area contributed by atoms with Crippen LogP contribution < -0.4 is 9.80 Å². The van der Waals surface area contributed by atoms with Crippen molar-refractivity contribution in [3.8, 4) is 12.8 Å². The van der Waals surface area contributed by atoms with Crippen molar-refractivity contribution in [2.24, 2.45) is 0 Å². The van der Waals surface area contributed by atoms with Crippen LogP contribution in [0.1, 0.15) is 68.2 Å². The number of nitrogens with zero attached hydrogens (tertiary/aromatic N) is 4. The van der Waals surface area contributed by atoms with E-state index in [2.05, 4.69) is 51.0 Å². The Morgan fingerprint density at radius 3 is 1.82 bits per heavy atom. The molecule has 3 saturated heterocycles. The molecule has 286 valence electrons. The monoisotopic (exact) mass is 738 g/mol. The molecule has 55 heavy (non-hydrogen) atoms. The minimum Gasteiger partial charge on any atom is -0.345 e. The number of anilines is 2. The molecular weight excluding hydrogens is 685 g/mol. The number of carbonyl (C=O) groups excluding carboxylic acids is 4. The van der Waals surface area contributed by atoms with Gasteiger partial charge in [0.2, 0.25) is 18.7 Å². The van der Waals surface area contributed by atoms with Gasteiger partial charge in [0.05, 0.1) is 0 Å². The zero-order chi connectivity index (χ0) is 39.6. The maximum absolute atomic E-state index is 13.1. The smallest absolute Gasteiger partial charge is 0.250 e. The average Bonchev–Trinajstić information content (AvgIpc) is 3.96. The van der Waals surface area contributed by atoms with Crippen LogP contribution in [0.15, 0.2) is 109 Å². The molecule has 0 saturated carbocycles. The van der Waals surface area contributed by atoms with E-state index in [1.165, 1.54) is 24.0 Å². The lowest BCUT2D eigenvalue weighted by Gasteiger charge is -2.40. The van der Waals surface area contributed by atoms with E-state index in [1.807, 2.05) is 104 Å². The molecule has 4 amide bonds. The van der Waals surface area contributed by atoms with Gasteiger partial charge in [0.25, 0.3) is 5.91 Å². The third-order valence-electron chi connectivity index (χ3n) is 10.1. The predicted molar refractivity (Wildman–Crippen MR) is 224 cm³/mol. The van der Waals surface area contributed by atoms with Gasteiger partial charge in [-0.05, 0) is 100 Å². The van der Waals surface area contributed by atoms with Crippen LogP contribution in [0.25, 0.3) is 12.2 Å². The van der Waals surface area contributed by atoms with Crippen molar-refractivity contribution in [1.82, 2.24) is 9.80 Å². The molecule has 3 heterocycles. The molecule has 7 rings (SSSR count). The summed E-state index contributed by atoms with van der Waals surface area (Å²) >= 11 is 0. The lowest BCUT2D eigenvalue weighted by atomic mass is 10.0. The highest BCUT2D eigenvalue weighted by atomic mass is 16.2. The summed E-state index contributed by atoms with van der Waals surface area (Å²) in [5, 5.41) is 0. The Balaban J connectivity index is 0.000000348. The lowest BCUT2D eigenvalue weighted by Crippen LogP contribution is -2.62. The molecule has 3 atom stereocenters. The molecule has 0 aromatic heterocycles. The van der Waals surface area contributed by atoms with E-state index >= 15 is 0 Å². The Kier molecular flexibility index (Phi) is 16.5. The fourth-order valence-electron chi connectivity index (χ4n) is 7.00. The molecule has 2 unspecified atom stereocenters. The Bertz CT molecular complexity index is 1840. The quantitative estimate of drug-likeness (QED) is 0.0938. The second-order valence-corrected chi connectivity index (χ2v) is 14.0. The summed E-state index contributed by atoms with van der Waals surface area (Å²) in [5.41, 5.74) is 6.25. The van der Waals surface area contributed by atoms with Gasteiger partial charge in [0.15, 0.2) is 0 Å². The topological polar surface area (TPSA) is 81.2 Å². The molecule has 0 radical (unpaired) electrons. The van der Waals surface area contributed by atoms with E-state index in [-0.39, 0.29) is 23.9 Å². The fourth-order valence-corrected chi connectivity index (χ4v) is 7.00. The van der Waals surface area contributed by atoms with Gasteiger partial charge in [-0.25, -0.2) is 0 Å². The number of rotatable bonds is 10. The average molecular weight is 739 g/mol. The van der Waals surface area contributed by atoms with Gasteiger partial charge in [-0.3, -0.25) is 24.1 Å². The second kappa shape index (κ2) is 21.7. The second-order valence-electron chi connectivity index (χ2n) is 14.0. The molecular formula is C47H54N4O4. The van der Waals surface area contributed by atoms with Crippen molar-refractivity contribution in [3.63, 3.8) is 0 Å². The molecule has 3 aliphatic rings. The number of aryl methyl sites for hydroxylation is 2. The van der Waals surface area contributed by atoms with Crippen LogP contribution >= 0.6 is 0 Å². The third kappa shape index (κ3) is 11.8. The van der Waals surface area contributed by atoms with Crippen molar-refractivity contribution in [2.75, 3.05) is 29.4 Å². The number of amides is 4. The molecule has 0 N–H and O–H groups in total. The van der Waals surface area contributed by atoms with Crippen LogP contribution in [0.4, 0.5) is 11.4 Å². The maximum atomic E-state index is 13.1. The first-order chi connectivity index (χ1) is 26.8. The highest BCUT2D eigenvalue weighted by molar-refractivity contribution is 6.08. The molecule has 0 bridgehead atoms. The SMILES string of the molecule is C#C.CC(CCc1ccccc1)N(C=O)c1ccc(/C=C/c2ccc(N3C(=O)[C@@H]4CCCN4C(=O)C3C)cc2)cc1.Cc1ccccc1.O=CN1CCCC1. The number of hydrogen-bond acceptors (Lipinski definition) is 4. The highest BCUT2D eigenvalue weighted by Crippen LogP contribution is 2.31. The number of benzene rings is 4. The molecule has 4 aromatic carbocycles. The van der Waals surface area contributed by atoms with Crippen LogP contribution in [0.5, 0.6) is 0 Å². The molecule has 0 aliphatic carbocycles. The zero-order valence-corrected chi connectivity index (χ0v) is 32.4. The Morgan fingerprint density at radius 2 is 1.31 bits per heavy atom. The van der Waals surface area contributed by atoms with E-state index in [9.17, 15) is 19.2 Å². The first kappa shape index (κ1) is 41.8. The van der Waals surface area contributed by atoms with Gasteiger partial charge < -0.3 is 14.7 Å². The van der Waals surface area contributed by atoms with Crippen LogP contribution in [-0.2, 0) is 25.6 Å². The largest absolute Gasteiger partial charge is 0.345 e. The molecule has 3 fully saturated rings. The Morgan fingerprint density at radius 1 is 0.745 bits per heavy atom. The predicted octanol–water partition coefficient (Wildman–Crippen LogP) is 8.05. The van der Waals surface area contributed by atoms with Crippen molar-refractivity contribution >= 4 is 48.2 Å². The summed E-state index contributed by atoms with van der Waals surface area (Å²) in [6.45, 7) is 8.60. The van der Waals surface area contributed by atoms with Crippen molar-refractivity contribution in [3.05, 3.63) is 131 Å². The number of likely N-dealkylation sites (tertiary alicyclic amines) is 1. The maximum Gasteiger partial charge on any atom is 0.250 e. The summed E-state index contributed by atoms with van der Waals surface area (Å²) in [6.07, 6.45) is 19.7. The van der Waals surface area contributed by atoms with Crippen LogP contribution in [0, 0.1) is 19.8 Å². The fraction of sp³-hybridized carbons (Fsp3) is 0.319. The number of carbonyl (C=O) groups is 4. The van der Waals surface area contributed by atoms with Gasteiger partial charge in [0.1, 0.15) is 12.1 Å². The zero-order valence-electron chi connectivity index (χ0n) is 32.4. The summed E-state index contributed by atoms with van der Waals surface area (Å²) < 4.78 is 0. The Labute approximate surface area is 327 Å². The summed E-state index contributed by atoms with van der Waals surface area (Å²) in [5.74, 6) is 0.0463. The first-order valence-corrected chi connectivity index (χ1v) is 19.1. The standard InChI is InChI=1S/C33H35N3O3.C7H8.C5H9NO.C2H2/c1-24(10-11-26-7-4-3-5-8-26)35(23-37)29-18-14-27(15-19-29)12-13-28-16-20-30(21-17-28)36-25(2)32(38)34-22-6-9-31(34)33(36)39;1-7-5-3-2-4-6-7;7-5-6-3-1-2-4-6;1-2/h3-5,7-8,12-21,23-25,31H,6,9-11,22H2,1-2H3;2-6H,1H3;5H,1-4H2;1-2H/b13-12+;;;/t24?,25?,31-;;;/m0.../s1. The van der Waals surface area contributed by atoms with Gasteiger partial charge >= 0.3 is 0 Å². The van der Waals surface area contributed by atoms with Crippen molar-refractivity contribution in [2.45, 2.75) is 77.4 Å². The molecule has 8 heteroatoms. The number of piperazine rings is 1. The van der Waals surface area contributed by atoms with Crippen LogP contribution in [-0.4, -0.2) is 72.2 Å². The highest BCUT2D eigenvalue weighted by Gasteiger charge is 2.46. The third-order valence-corrected chi connectivity index (χ3v) is 10.1. The van der Waals surface area contributed by atoms with Gasteiger partial charge in [-0.1, -0.05) is 103 Å². The van der Waals surface area contributed by atoms with E-state index in [4.69, 9.17) is 0 Å². The van der Waals surface area contributed by atoms with Gasteiger partial charge in [0, 0.05) is 37.1 Å². The Hall–Kier alpha value is -5.94. The van der Waals surface area contributed by atoms with Crippen LogP contribution in [0.2, 0.25) is 0 Å². The van der Waals surface area contributed by atoms with Gasteiger partial charge in [-0.2, -0.15) is 0 Å². The van der Waals surface area contributed by atoms with E-state index < -0.39 is 6.04 Å². The lowest BCUT2D eigenvalue weighted by molar-refractivity contribution is -0.143. The molecule has 4 aromatic rings. The summed E-state index contributed by atoms with van der Waals surface area (Å²) in [6, 6.07) is 35.6. The molecule has 3 aliphatic heterocycles. The molecule has 8 nitrogen and oxygen atoms in total. The van der Waals surface area contributed by atoms with Gasteiger partial charge in [-0.15, -0.1) is 12.8 Å². The number of fused-ring (bicyclic) bond motifs is 1. The summed E-state index contributed by atoms with van der Waals surface area (Å²) in [7, 11) is 0. The first-order valence-electron chi connectivity index (χ1n) is 19.1. The number of hydrogen-bond donors (Lipinski definition) is 0. The van der Waals surface area contributed by atoms with Crippen molar-refractivity contribution in [1.29, 1.82) is 0 Å². The van der Waals surface area contributed by atoms with Crippen molar-refractivity contribution < 1.29 is 19.2 Å². The minimum atomic E-state index is -0.487. The number of terminal acetylenes is 1. The van der Waals surface area contributed by atoms with E-state index in [1.54, 1.807) is 19.6 Å². The minimum absolute atomic E-state index is 0.0155. The van der Waals surface area contributed by atoms with E-state index in [0.29, 0.717) is 6.54 Å².